The molecule has 4 aliphatic heterocycles. The van der Waals surface area contributed by atoms with Crippen LogP contribution in [0, 0.1) is 5.82 Å². The SMILES string of the molecule is O=C1CCC(N2C(=O)c3cccc(NCCC(=O)N4CCN(c5cccc(-c6cnc7ccc(N8CCCC8c8cccc(F)c8)nn67)n5)CC4)c3C2=O)C(=O)N1. The average Bonchev–Trinajstić information content (AvgIpc) is 3.95. The van der Waals surface area contributed by atoms with E-state index in [9.17, 15) is 28.4 Å². The van der Waals surface area contributed by atoms with Crippen molar-refractivity contribution in [1.82, 2.24) is 34.7 Å². The highest BCUT2D eigenvalue weighted by Crippen LogP contribution is 2.36. The quantitative estimate of drug-likeness (QED) is 0.210. The lowest BCUT2D eigenvalue weighted by Gasteiger charge is -2.35. The maximum atomic E-state index is 14.1. The van der Waals surface area contributed by atoms with Crippen LogP contribution in [0.5, 0.6) is 0 Å². The van der Waals surface area contributed by atoms with Gasteiger partial charge in [0.15, 0.2) is 5.65 Å². The molecule has 57 heavy (non-hydrogen) atoms. The van der Waals surface area contributed by atoms with Crippen LogP contribution in [0.25, 0.3) is 17.0 Å². The number of benzene rings is 2. The number of imidazole rings is 1. The van der Waals surface area contributed by atoms with Gasteiger partial charge in [0.05, 0.1) is 29.1 Å². The largest absolute Gasteiger partial charge is 0.384 e. The van der Waals surface area contributed by atoms with Crippen molar-refractivity contribution in [2.75, 3.05) is 54.4 Å². The Morgan fingerprint density at radius 3 is 2.51 bits per heavy atom. The lowest BCUT2D eigenvalue weighted by molar-refractivity contribution is -0.136. The van der Waals surface area contributed by atoms with E-state index in [2.05, 4.69) is 25.4 Å². The van der Waals surface area contributed by atoms with Crippen LogP contribution in [-0.2, 0) is 14.4 Å². The van der Waals surface area contributed by atoms with E-state index in [1.54, 1.807) is 35.0 Å². The number of imide groups is 2. The summed E-state index contributed by atoms with van der Waals surface area (Å²) in [6, 6.07) is 20.3. The summed E-state index contributed by atoms with van der Waals surface area (Å²) in [5.74, 6) is -1.02. The minimum atomic E-state index is -1.06. The molecule has 3 saturated heterocycles. The molecule has 3 aromatic heterocycles. The average molecular weight is 771 g/mol. The number of nitrogens with zero attached hydrogens (tertiary/aromatic N) is 8. The summed E-state index contributed by atoms with van der Waals surface area (Å²) in [6.45, 7) is 3.22. The number of piperidine rings is 1. The summed E-state index contributed by atoms with van der Waals surface area (Å²) in [5.41, 5.74) is 3.82. The molecule has 2 N–H and O–H groups in total. The molecule has 0 radical (unpaired) electrons. The number of hydrogen-bond donors (Lipinski definition) is 2. The van der Waals surface area contributed by atoms with Crippen LogP contribution in [0.3, 0.4) is 0 Å². The second-order valence-electron chi connectivity index (χ2n) is 14.6. The summed E-state index contributed by atoms with van der Waals surface area (Å²) >= 11 is 0. The highest BCUT2D eigenvalue weighted by atomic mass is 19.1. The van der Waals surface area contributed by atoms with Gasteiger partial charge in [-0.1, -0.05) is 24.3 Å². The molecule has 5 amide bonds. The number of rotatable bonds is 9. The molecule has 5 aromatic rings. The molecule has 0 aliphatic carbocycles. The third-order valence-electron chi connectivity index (χ3n) is 11.2. The van der Waals surface area contributed by atoms with Crippen LogP contribution in [0.1, 0.15) is 64.4 Å². The molecule has 0 bridgehead atoms. The molecule has 0 saturated carbocycles. The van der Waals surface area contributed by atoms with Crippen LogP contribution in [-0.4, -0.2) is 104 Å². The van der Waals surface area contributed by atoms with Crippen LogP contribution < -0.4 is 20.4 Å². The van der Waals surface area contributed by atoms with Crippen molar-refractivity contribution < 1.29 is 28.4 Å². The van der Waals surface area contributed by atoms with E-state index in [4.69, 9.17) is 10.1 Å². The zero-order valence-corrected chi connectivity index (χ0v) is 30.9. The predicted molar refractivity (Wildman–Crippen MR) is 207 cm³/mol. The van der Waals surface area contributed by atoms with Crippen molar-refractivity contribution in [2.45, 2.75) is 44.2 Å². The molecule has 4 aliphatic rings. The summed E-state index contributed by atoms with van der Waals surface area (Å²) < 4.78 is 15.9. The smallest absolute Gasteiger partial charge is 0.264 e. The van der Waals surface area contributed by atoms with Crippen LogP contribution in [0.2, 0.25) is 0 Å². The first-order chi connectivity index (χ1) is 27.7. The van der Waals surface area contributed by atoms with Gasteiger partial charge in [-0.05, 0) is 73.4 Å². The molecule has 2 atom stereocenters. The van der Waals surface area contributed by atoms with E-state index in [1.165, 1.54) is 12.1 Å². The number of nitrogens with one attached hydrogen (secondary N) is 2. The van der Waals surface area contributed by atoms with E-state index in [0.717, 1.165) is 47.2 Å². The van der Waals surface area contributed by atoms with Gasteiger partial charge in [0.2, 0.25) is 17.7 Å². The van der Waals surface area contributed by atoms with Crippen molar-refractivity contribution in [3.05, 3.63) is 102 Å². The lowest BCUT2D eigenvalue weighted by atomic mass is 10.0. The van der Waals surface area contributed by atoms with Crippen molar-refractivity contribution in [3.8, 4) is 11.4 Å². The molecule has 290 valence electrons. The zero-order chi connectivity index (χ0) is 39.2. The third-order valence-corrected chi connectivity index (χ3v) is 11.2. The highest BCUT2D eigenvalue weighted by molar-refractivity contribution is 6.25. The molecule has 16 heteroatoms. The van der Waals surface area contributed by atoms with Crippen LogP contribution >= 0.6 is 0 Å². The maximum Gasteiger partial charge on any atom is 0.264 e. The molecule has 2 unspecified atom stereocenters. The fourth-order valence-electron chi connectivity index (χ4n) is 8.34. The van der Waals surface area contributed by atoms with Gasteiger partial charge in [-0.2, -0.15) is 0 Å². The Morgan fingerprint density at radius 1 is 0.860 bits per heavy atom. The number of halogens is 1. The Hall–Kier alpha value is -6.71. The Kier molecular flexibility index (Phi) is 9.30. The number of hydrogen-bond acceptors (Lipinski definition) is 11. The summed E-state index contributed by atoms with van der Waals surface area (Å²) in [5, 5.41) is 10.3. The number of carbonyl (C=O) groups excluding carboxylic acids is 5. The molecule has 0 spiro atoms. The molecular formula is C41H39FN10O5. The predicted octanol–water partition coefficient (Wildman–Crippen LogP) is 3.82. The number of pyridine rings is 1. The third kappa shape index (κ3) is 6.70. The van der Waals surface area contributed by atoms with E-state index < -0.39 is 29.7 Å². The van der Waals surface area contributed by atoms with Crippen molar-refractivity contribution in [1.29, 1.82) is 0 Å². The van der Waals surface area contributed by atoms with E-state index in [0.29, 0.717) is 43.2 Å². The minimum Gasteiger partial charge on any atom is -0.384 e. The van der Waals surface area contributed by atoms with Crippen molar-refractivity contribution >= 4 is 52.5 Å². The minimum absolute atomic E-state index is 0.0306. The van der Waals surface area contributed by atoms with Gasteiger partial charge in [0.1, 0.15) is 29.2 Å². The number of carbonyl (C=O) groups is 5. The highest BCUT2D eigenvalue weighted by Gasteiger charge is 2.45. The number of piperazine rings is 1. The molecule has 15 nitrogen and oxygen atoms in total. The number of anilines is 3. The number of amides is 5. The van der Waals surface area contributed by atoms with Gasteiger partial charge in [-0.3, -0.25) is 34.2 Å². The lowest BCUT2D eigenvalue weighted by Crippen LogP contribution is -2.54. The standard InChI is InChI=1S/C41H39FN10O5/c42-26-6-1-5-25(23-26)30-10-4-18-50(30)35-14-13-33-44-24-32(52(33)47-35)28-8-3-11-34(45-28)48-19-21-49(22-20-48)37(54)16-17-43-29-9-2-7-27-38(29)41(57)51(40(27)56)31-12-15-36(53)46-39(31)55/h1-3,5-9,11,13-14,23-24,30-31,43H,4,10,12,15-22H2,(H,46,53,55). The fraction of sp³-hybridized carbons (Fsp3) is 0.317. The fourth-order valence-corrected chi connectivity index (χ4v) is 8.34. The van der Waals surface area contributed by atoms with Gasteiger partial charge in [-0.15, -0.1) is 5.10 Å². The van der Waals surface area contributed by atoms with E-state index >= 15 is 0 Å². The molecule has 7 heterocycles. The van der Waals surface area contributed by atoms with Crippen LogP contribution in [0.15, 0.2) is 79.0 Å². The van der Waals surface area contributed by atoms with Gasteiger partial charge in [0.25, 0.3) is 11.8 Å². The normalized spacial score (nSPS) is 19.7. The first-order valence-corrected chi connectivity index (χ1v) is 19.2. The molecular weight excluding hydrogens is 732 g/mol. The Morgan fingerprint density at radius 2 is 1.68 bits per heavy atom. The summed E-state index contributed by atoms with van der Waals surface area (Å²) in [6.07, 6.45) is 3.93. The van der Waals surface area contributed by atoms with Gasteiger partial charge in [0, 0.05) is 57.8 Å². The summed E-state index contributed by atoms with van der Waals surface area (Å²) in [4.78, 5) is 80.7. The first-order valence-electron chi connectivity index (χ1n) is 19.2. The maximum absolute atomic E-state index is 14.1. The first kappa shape index (κ1) is 36.0. The van der Waals surface area contributed by atoms with Gasteiger partial charge >= 0.3 is 0 Å². The van der Waals surface area contributed by atoms with Crippen molar-refractivity contribution in [2.24, 2.45) is 0 Å². The Bertz CT molecular complexity index is 2450. The number of fused-ring (bicyclic) bond motifs is 2. The van der Waals surface area contributed by atoms with E-state index in [1.807, 2.05) is 41.3 Å². The van der Waals surface area contributed by atoms with Gasteiger partial charge in [-0.25, -0.2) is 18.9 Å². The van der Waals surface area contributed by atoms with Crippen molar-refractivity contribution in [3.63, 3.8) is 0 Å². The van der Waals surface area contributed by atoms with Gasteiger partial charge < -0.3 is 20.0 Å². The Labute approximate surface area is 326 Å². The monoisotopic (exact) mass is 770 g/mol. The second-order valence-corrected chi connectivity index (χ2v) is 14.6. The summed E-state index contributed by atoms with van der Waals surface area (Å²) in [7, 11) is 0. The zero-order valence-electron chi connectivity index (χ0n) is 30.9. The van der Waals surface area contributed by atoms with E-state index in [-0.39, 0.29) is 54.7 Å². The molecule has 2 aromatic carbocycles. The molecule has 9 rings (SSSR count). The second kappa shape index (κ2) is 14.7. The molecule has 3 fully saturated rings. The Balaban J connectivity index is 0.821. The number of aromatic nitrogens is 4. The topological polar surface area (TPSA) is 165 Å². The van der Waals surface area contributed by atoms with Crippen LogP contribution in [0.4, 0.5) is 21.7 Å².